The second-order valence-electron chi connectivity index (χ2n) is 6.95. The molecule has 0 aromatic heterocycles. The van der Waals surface area contributed by atoms with Crippen LogP contribution in [0.1, 0.15) is 44.2 Å². The van der Waals surface area contributed by atoms with Crippen LogP contribution in [0.3, 0.4) is 0 Å². The Morgan fingerprint density at radius 2 is 1.72 bits per heavy atom. The van der Waals surface area contributed by atoms with Crippen molar-refractivity contribution in [2.75, 3.05) is 6.54 Å². The van der Waals surface area contributed by atoms with E-state index in [4.69, 9.17) is 11.6 Å². The molecule has 0 spiro atoms. The molecule has 1 atom stereocenters. The predicted octanol–water partition coefficient (Wildman–Crippen LogP) is 4.75. The van der Waals surface area contributed by atoms with Gasteiger partial charge in [0.05, 0.1) is 6.42 Å². The van der Waals surface area contributed by atoms with Gasteiger partial charge >= 0.3 is 0 Å². The van der Waals surface area contributed by atoms with Crippen molar-refractivity contribution in [1.29, 1.82) is 0 Å². The Morgan fingerprint density at radius 1 is 1.07 bits per heavy atom. The molecule has 0 fully saturated rings. The molecule has 4 nitrogen and oxygen atoms in total. The van der Waals surface area contributed by atoms with Crippen LogP contribution in [0.2, 0.25) is 5.02 Å². The molecule has 156 valence electrons. The van der Waals surface area contributed by atoms with E-state index in [2.05, 4.69) is 5.32 Å². The van der Waals surface area contributed by atoms with Crippen LogP contribution in [0.25, 0.3) is 0 Å². The van der Waals surface area contributed by atoms with Gasteiger partial charge in [0.2, 0.25) is 11.8 Å². The molecule has 0 aliphatic heterocycles. The average molecular weight is 419 g/mol. The van der Waals surface area contributed by atoms with E-state index < -0.39 is 11.9 Å². The first-order valence-electron chi connectivity index (χ1n) is 10.0. The Morgan fingerprint density at radius 3 is 2.34 bits per heavy atom. The van der Waals surface area contributed by atoms with Crippen LogP contribution in [0.5, 0.6) is 0 Å². The lowest BCUT2D eigenvalue weighted by atomic mass is 10.1. The van der Waals surface area contributed by atoms with E-state index in [1.54, 1.807) is 24.3 Å². The number of unbranched alkanes of at least 4 members (excludes halogenated alkanes) is 1. The largest absolute Gasteiger partial charge is 0.354 e. The van der Waals surface area contributed by atoms with Crippen LogP contribution in [0, 0.1) is 5.82 Å². The van der Waals surface area contributed by atoms with Crippen molar-refractivity contribution in [3.05, 3.63) is 70.5 Å². The summed E-state index contributed by atoms with van der Waals surface area (Å²) < 4.78 is 14.1. The van der Waals surface area contributed by atoms with Gasteiger partial charge in [0, 0.05) is 18.1 Å². The third kappa shape index (κ3) is 6.57. The topological polar surface area (TPSA) is 49.4 Å². The van der Waals surface area contributed by atoms with Gasteiger partial charge in [0.15, 0.2) is 0 Å². The molecule has 0 heterocycles. The van der Waals surface area contributed by atoms with Gasteiger partial charge in [-0.1, -0.05) is 68.3 Å². The van der Waals surface area contributed by atoms with Crippen molar-refractivity contribution in [2.24, 2.45) is 0 Å². The Balaban J connectivity index is 2.28. The summed E-state index contributed by atoms with van der Waals surface area (Å²) in [5.74, 6) is -0.943. The summed E-state index contributed by atoms with van der Waals surface area (Å²) in [7, 11) is 0. The van der Waals surface area contributed by atoms with Gasteiger partial charge in [0.25, 0.3) is 0 Å². The average Bonchev–Trinajstić information content (AvgIpc) is 2.71. The van der Waals surface area contributed by atoms with Crippen molar-refractivity contribution < 1.29 is 14.0 Å². The van der Waals surface area contributed by atoms with E-state index in [1.165, 1.54) is 11.0 Å². The van der Waals surface area contributed by atoms with Gasteiger partial charge in [-0.2, -0.15) is 0 Å². The van der Waals surface area contributed by atoms with E-state index in [0.29, 0.717) is 23.6 Å². The van der Waals surface area contributed by atoms with Crippen LogP contribution in [-0.4, -0.2) is 29.3 Å². The van der Waals surface area contributed by atoms with E-state index in [0.717, 1.165) is 18.4 Å². The van der Waals surface area contributed by atoms with Gasteiger partial charge in [-0.15, -0.1) is 0 Å². The highest BCUT2D eigenvalue weighted by molar-refractivity contribution is 6.31. The summed E-state index contributed by atoms with van der Waals surface area (Å²) in [5.41, 5.74) is 1.05. The number of benzene rings is 2. The number of halogens is 2. The summed E-state index contributed by atoms with van der Waals surface area (Å²) in [5, 5.41) is 3.43. The van der Waals surface area contributed by atoms with Crippen LogP contribution in [0.4, 0.5) is 4.39 Å². The monoisotopic (exact) mass is 418 g/mol. The third-order valence-corrected chi connectivity index (χ3v) is 5.18. The van der Waals surface area contributed by atoms with Gasteiger partial charge in [0.1, 0.15) is 11.9 Å². The Kier molecular flexibility index (Phi) is 9.13. The van der Waals surface area contributed by atoms with E-state index in [1.807, 2.05) is 32.0 Å². The van der Waals surface area contributed by atoms with Crippen molar-refractivity contribution >= 4 is 23.4 Å². The molecule has 0 aliphatic carbocycles. The SMILES string of the molecule is CCCCNC(=O)[C@@H](CC)N(Cc1ccccc1Cl)C(=O)Cc1ccccc1F. The Bertz CT molecular complexity index is 828. The highest BCUT2D eigenvalue weighted by atomic mass is 35.5. The molecule has 2 amide bonds. The Hall–Kier alpha value is -2.40. The number of carbonyl (C=O) groups is 2. The van der Waals surface area contributed by atoms with Crippen LogP contribution >= 0.6 is 11.6 Å². The molecule has 0 radical (unpaired) electrons. The first-order chi connectivity index (χ1) is 14.0. The molecule has 0 saturated heterocycles. The van der Waals surface area contributed by atoms with E-state index in [-0.39, 0.29) is 24.8 Å². The number of hydrogen-bond acceptors (Lipinski definition) is 2. The Labute approximate surface area is 177 Å². The third-order valence-electron chi connectivity index (χ3n) is 4.81. The lowest BCUT2D eigenvalue weighted by Gasteiger charge is -2.31. The van der Waals surface area contributed by atoms with Gasteiger partial charge < -0.3 is 10.2 Å². The van der Waals surface area contributed by atoms with Gasteiger partial charge in [-0.05, 0) is 36.1 Å². The maximum Gasteiger partial charge on any atom is 0.242 e. The molecular weight excluding hydrogens is 391 g/mol. The number of hydrogen-bond donors (Lipinski definition) is 1. The fraction of sp³-hybridized carbons (Fsp3) is 0.391. The van der Waals surface area contributed by atoms with Crippen LogP contribution < -0.4 is 5.32 Å². The summed E-state index contributed by atoms with van der Waals surface area (Å²) >= 11 is 6.29. The zero-order chi connectivity index (χ0) is 21.2. The van der Waals surface area contributed by atoms with Gasteiger partial charge in [-0.3, -0.25) is 9.59 Å². The summed E-state index contributed by atoms with van der Waals surface area (Å²) in [6, 6.07) is 12.8. The molecule has 29 heavy (non-hydrogen) atoms. The number of nitrogens with zero attached hydrogens (tertiary/aromatic N) is 1. The highest BCUT2D eigenvalue weighted by Gasteiger charge is 2.29. The molecule has 0 bridgehead atoms. The summed E-state index contributed by atoms with van der Waals surface area (Å²) in [6.07, 6.45) is 2.17. The molecule has 6 heteroatoms. The van der Waals surface area contributed by atoms with Crippen LogP contribution in [0.15, 0.2) is 48.5 Å². The highest BCUT2D eigenvalue weighted by Crippen LogP contribution is 2.21. The van der Waals surface area contributed by atoms with Crippen molar-refractivity contribution in [1.82, 2.24) is 10.2 Å². The first-order valence-corrected chi connectivity index (χ1v) is 10.4. The molecule has 2 rings (SSSR count). The van der Waals surface area contributed by atoms with Gasteiger partial charge in [-0.25, -0.2) is 4.39 Å². The van der Waals surface area contributed by atoms with E-state index >= 15 is 0 Å². The molecule has 2 aromatic carbocycles. The first kappa shape index (κ1) is 22.9. The zero-order valence-corrected chi connectivity index (χ0v) is 17.7. The number of rotatable bonds is 10. The standard InChI is InChI=1S/C23H28ClFN2O2/c1-3-5-14-26-23(29)21(4-2)27(16-18-11-6-8-12-19(18)24)22(28)15-17-10-7-9-13-20(17)25/h6-13,21H,3-5,14-16H2,1-2H3,(H,26,29)/t21-/m1/s1. The lowest BCUT2D eigenvalue weighted by molar-refractivity contribution is -0.141. The summed E-state index contributed by atoms with van der Waals surface area (Å²) in [4.78, 5) is 27.4. The second-order valence-corrected chi connectivity index (χ2v) is 7.36. The second kappa shape index (κ2) is 11.6. The minimum atomic E-state index is -0.651. The maximum absolute atomic E-state index is 14.1. The maximum atomic E-state index is 14.1. The lowest BCUT2D eigenvalue weighted by Crippen LogP contribution is -2.49. The van der Waals surface area contributed by atoms with E-state index in [9.17, 15) is 14.0 Å². The summed E-state index contributed by atoms with van der Waals surface area (Å²) in [6.45, 7) is 4.66. The molecule has 0 aliphatic rings. The minimum Gasteiger partial charge on any atom is -0.354 e. The number of amides is 2. The molecule has 0 saturated carbocycles. The molecule has 1 N–H and O–H groups in total. The molecule has 2 aromatic rings. The number of nitrogens with one attached hydrogen (secondary N) is 1. The zero-order valence-electron chi connectivity index (χ0n) is 17.0. The van der Waals surface area contributed by atoms with Crippen molar-refractivity contribution in [3.8, 4) is 0 Å². The quantitative estimate of drug-likeness (QED) is 0.566. The molecule has 0 unspecified atom stereocenters. The minimum absolute atomic E-state index is 0.115. The fourth-order valence-corrected chi connectivity index (χ4v) is 3.34. The fourth-order valence-electron chi connectivity index (χ4n) is 3.14. The number of carbonyl (C=O) groups excluding carboxylic acids is 2. The molecular formula is C23H28ClFN2O2. The van der Waals surface area contributed by atoms with Crippen molar-refractivity contribution in [3.63, 3.8) is 0 Å². The predicted molar refractivity (Wildman–Crippen MR) is 114 cm³/mol. The van der Waals surface area contributed by atoms with Crippen molar-refractivity contribution in [2.45, 2.75) is 52.1 Å². The smallest absolute Gasteiger partial charge is 0.242 e. The van der Waals surface area contributed by atoms with Crippen LogP contribution in [-0.2, 0) is 22.6 Å². The normalized spacial score (nSPS) is 11.7.